The molecule has 2 aromatic rings. The van der Waals surface area contributed by atoms with Crippen LogP contribution >= 0.6 is 23.1 Å². The van der Waals surface area contributed by atoms with Gasteiger partial charge in [0.15, 0.2) is 4.34 Å². The molecule has 1 atom stereocenters. The van der Waals surface area contributed by atoms with E-state index in [2.05, 4.69) is 46.7 Å². The number of aromatic nitrogens is 2. The van der Waals surface area contributed by atoms with Crippen LogP contribution in [0.4, 0.5) is 10.8 Å². The summed E-state index contributed by atoms with van der Waals surface area (Å²) in [5.74, 6) is 0.358. The van der Waals surface area contributed by atoms with E-state index in [1.807, 2.05) is 0 Å². The second-order valence-corrected chi connectivity index (χ2v) is 7.79. The molecule has 1 aliphatic carbocycles. The summed E-state index contributed by atoms with van der Waals surface area (Å²) >= 11 is 3.08. The molecule has 1 fully saturated rings. The number of hydrogen-bond acceptors (Lipinski definition) is 6. The van der Waals surface area contributed by atoms with Crippen molar-refractivity contribution < 1.29 is 4.79 Å². The summed E-state index contributed by atoms with van der Waals surface area (Å²) < 4.78 is 0.868. The van der Waals surface area contributed by atoms with Gasteiger partial charge in [-0.25, -0.2) is 0 Å². The first kappa shape index (κ1) is 15.5. The maximum atomic E-state index is 11.9. The molecule has 0 aliphatic heterocycles. The Hall–Kier alpha value is -1.40. The maximum Gasteiger partial charge on any atom is 0.210 e. The van der Waals surface area contributed by atoms with E-state index in [0.29, 0.717) is 12.2 Å². The third-order valence-corrected chi connectivity index (χ3v) is 6.00. The van der Waals surface area contributed by atoms with E-state index in [4.69, 9.17) is 0 Å². The molecule has 3 rings (SSSR count). The zero-order valence-electron chi connectivity index (χ0n) is 12.5. The Labute approximate surface area is 138 Å². The molecule has 1 aliphatic rings. The van der Waals surface area contributed by atoms with Crippen molar-refractivity contribution in [3.8, 4) is 0 Å². The lowest BCUT2D eigenvalue weighted by Gasteiger charge is -2.17. The van der Waals surface area contributed by atoms with E-state index in [-0.39, 0.29) is 5.25 Å². The van der Waals surface area contributed by atoms with Gasteiger partial charge in [-0.3, -0.25) is 4.79 Å². The highest BCUT2D eigenvalue weighted by Gasteiger charge is 2.24. The topological polar surface area (TPSA) is 54.9 Å². The fourth-order valence-corrected chi connectivity index (χ4v) is 4.59. The van der Waals surface area contributed by atoms with Crippen LogP contribution in [0.1, 0.15) is 38.2 Å². The third-order valence-electron chi connectivity index (χ3n) is 3.76. The van der Waals surface area contributed by atoms with Crippen LogP contribution < -0.4 is 5.32 Å². The average Bonchev–Trinajstić information content (AvgIpc) is 2.97. The normalized spacial score (nSPS) is 18.4. The first-order chi connectivity index (χ1) is 10.7. The van der Waals surface area contributed by atoms with Crippen molar-refractivity contribution >= 4 is 39.7 Å². The fourth-order valence-electron chi connectivity index (χ4n) is 2.45. The predicted molar refractivity (Wildman–Crippen MR) is 92.1 cm³/mol. The Morgan fingerprint density at radius 3 is 2.82 bits per heavy atom. The summed E-state index contributed by atoms with van der Waals surface area (Å²) in [4.78, 5) is 11.9. The number of benzene rings is 1. The molecule has 4 nitrogen and oxygen atoms in total. The number of anilines is 2. The number of rotatable bonds is 5. The number of hydrogen-bond donors (Lipinski definition) is 1. The molecule has 1 aromatic heterocycles. The summed E-state index contributed by atoms with van der Waals surface area (Å²) in [6.45, 7) is 2.14. The number of nitrogens with zero attached hydrogens (tertiary/aromatic N) is 2. The summed E-state index contributed by atoms with van der Waals surface area (Å²) in [6, 6.07) is 8.33. The molecule has 1 N–H and O–H groups in total. The molecule has 116 valence electrons. The Morgan fingerprint density at radius 1 is 1.27 bits per heavy atom. The average molecular weight is 333 g/mol. The van der Waals surface area contributed by atoms with Crippen molar-refractivity contribution in [2.75, 3.05) is 5.32 Å². The van der Waals surface area contributed by atoms with Crippen molar-refractivity contribution in [1.82, 2.24) is 10.2 Å². The minimum absolute atomic E-state index is 0.0680. The molecule has 0 unspecified atom stereocenters. The van der Waals surface area contributed by atoms with Crippen LogP contribution in [0.25, 0.3) is 0 Å². The van der Waals surface area contributed by atoms with E-state index in [1.54, 1.807) is 11.8 Å². The van der Waals surface area contributed by atoms with Gasteiger partial charge in [-0.2, -0.15) is 0 Å². The zero-order chi connectivity index (χ0) is 15.4. The molecular formula is C16H19N3OS2. The van der Waals surface area contributed by atoms with Crippen molar-refractivity contribution in [3.05, 3.63) is 29.8 Å². The van der Waals surface area contributed by atoms with Crippen LogP contribution in [-0.4, -0.2) is 21.2 Å². The molecule has 6 heteroatoms. The van der Waals surface area contributed by atoms with Gasteiger partial charge < -0.3 is 5.32 Å². The molecular weight excluding hydrogens is 314 g/mol. The zero-order valence-corrected chi connectivity index (χ0v) is 14.2. The van der Waals surface area contributed by atoms with E-state index in [1.165, 1.54) is 16.9 Å². The lowest BCUT2D eigenvalue weighted by Crippen LogP contribution is -2.21. The summed E-state index contributed by atoms with van der Waals surface area (Å²) in [5.41, 5.74) is 2.33. The monoisotopic (exact) mass is 333 g/mol. The van der Waals surface area contributed by atoms with E-state index in [9.17, 15) is 4.79 Å². The summed E-state index contributed by atoms with van der Waals surface area (Å²) in [5, 5.41) is 12.5. The van der Waals surface area contributed by atoms with Gasteiger partial charge >= 0.3 is 0 Å². The van der Waals surface area contributed by atoms with E-state index >= 15 is 0 Å². The molecule has 1 saturated carbocycles. The van der Waals surface area contributed by atoms with Crippen molar-refractivity contribution in [2.24, 2.45) is 0 Å². The van der Waals surface area contributed by atoms with Crippen LogP contribution in [-0.2, 0) is 11.2 Å². The number of nitrogens with one attached hydrogen (secondary N) is 1. The second kappa shape index (κ2) is 7.24. The largest absolute Gasteiger partial charge is 0.330 e. The highest BCUT2D eigenvalue weighted by Crippen LogP contribution is 2.35. The molecule has 0 radical (unpaired) electrons. The van der Waals surface area contributed by atoms with Crippen molar-refractivity contribution in [1.29, 1.82) is 0 Å². The van der Waals surface area contributed by atoms with Crippen LogP contribution in [0.15, 0.2) is 28.6 Å². The molecule has 0 amide bonds. The molecule has 1 aromatic carbocycles. The summed E-state index contributed by atoms with van der Waals surface area (Å²) in [7, 11) is 0. The Morgan fingerprint density at radius 2 is 2.09 bits per heavy atom. The van der Waals surface area contributed by atoms with Gasteiger partial charge in [0, 0.05) is 12.1 Å². The molecule has 0 saturated heterocycles. The smallest absolute Gasteiger partial charge is 0.210 e. The van der Waals surface area contributed by atoms with Gasteiger partial charge in [-0.1, -0.05) is 48.6 Å². The molecule has 0 spiro atoms. The number of carbonyl (C=O) groups is 1. The minimum Gasteiger partial charge on any atom is -0.330 e. The standard InChI is InChI=1S/C16H19N3OS2/c1-2-11-7-9-12(10-8-11)17-15-18-19-16(22-15)21-14-6-4-3-5-13(14)20/h7-10,14H,2-6H2,1H3,(H,17,18)/t14-/m1/s1. The SMILES string of the molecule is CCc1ccc(Nc2nnc(S[C@@H]3CCCCC3=O)s2)cc1. The minimum atomic E-state index is 0.0680. The molecule has 1 heterocycles. The number of thioether (sulfide) groups is 1. The number of ketones is 1. The number of Topliss-reactive ketones (excluding diaryl/α,β-unsaturated/α-hetero) is 1. The van der Waals surface area contributed by atoms with Crippen LogP contribution in [0.3, 0.4) is 0 Å². The highest BCUT2D eigenvalue weighted by molar-refractivity contribution is 8.02. The predicted octanol–water partition coefficient (Wildman–Crippen LogP) is 4.45. The maximum absolute atomic E-state index is 11.9. The lowest BCUT2D eigenvalue weighted by molar-refractivity contribution is -0.119. The first-order valence-corrected chi connectivity index (χ1v) is 9.33. The van der Waals surface area contributed by atoms with Crippen molar-refractivity contribution in [2.45, 2.75) is 48.6 Å². The van der Waals surface area contributed by atoms with Gasteiger partial charge in [0.25, 0.3) is 0 Å². The Bertz CT molecular complexity index is 639. The second-order valence-electron chi connectivity index (χ2n) is 5.37. The van der Waals surface area contributed by atoms with E-state index in [0.717, 1.165) is 40.8 Å². The summed E-state index contributed by atoms with van der Waals surface area (Å²) in [6.07, 6.45) is 4.88. The number of carbonyl (C=O) groups excluding carboxylic acids is 1. The fraction of sp³-hybridized carbons (Fsp3) is 0.438. The Kier molecular flexibility index (Phi) is 5.10. The third kappa shape index (κ3) is 3.87. The van der Waals surface area contributed by atoms with Crippen molar-refractivity contribution in [3.63, 3.8) is 0 Å². The molecule has 0 bridgehead atoms. The first-order valence-electron chi connectivity index (χ1n) is 7.63. The quantitative estimate of drug-likeness (QED) is 0.876. The van der Waals surface area contributed by atoms with Gasteiger partial charge in [0.1, 0.15) is 5.78 Å². The van der Waals surface area contributed by atoms with Gasteiger partial charge in [0.2, 0.25) is 5.13 Å². The lowest BCUT2D eigenvalue weighted by atomic mass is 9.99. The van der Waals surface area contributed by atoms with Gasteiger partial charge in [-0.15, -0.1) is 10.2 Å². The molecule has 22 heavy (non-hydrogen) atoms. The Balaban J connectivity index is 1.61. The van der Waals surface area contributed by atoms with Gasteiger partial charge in [0.05, 0.1) is 5.25 Å². The van der Waals surface area contributed by atoms with Gasteiger partial charge in [-0.05, 0) is 37.0 Å². The van der Waals surface area contributed by atoms with Crippen LogP contribution in [0.2, 0.25) is 0 Å². The highest BCUT2D eigenvalue weighted by atomic mass is 32.2. The van der Waals surface area contributed by atoms with Crippen LogP contribution in [0.5, 0.6) is 0 Å². The van der Waals surface area contributed by atoms with Crippen LogP contribution in [0, 0.1) is 0 Å². The number of aryl methyl sites for hydroxylation is 1. The van der Waals surface area contributed by atoms with E-state index < -0.39 is 0 Å².